The van der Waals surface area contributed by atoms with Crippen molar-refractivity contribution in [2.75, 3.05) is 39.3 Å². The molecular weight excluding hydrogens is 454 g/mol. The van der Waals surface area contributed by atoms with Crippen LogP contribution in [0.25, 0.3) is 0 Å². The van der Waals surface area contributed by atoms with Crippen molar-refractivity contribution >= 4 is 34.9 Å². The molecule has 3 rings (SSSR count). The van der Waals surface area contributed by atoms with Crippen molar-refractivity contribution in [3.05, 3.63) is 70.9 Å². The number of carbonyl (C=O) groups excluding carboxylic acids is 2. The van der Waals surface area contributed by atoms with E-state index in [0.717, 1.165) is 11.3 Å². The summed E-state index contributed by atoms with van der Waals surface area (Å²) in [4.78, 5) is 27.4. The average molecular weight is 484 g/mol. The number of rotatable bonds is 9. The third kappa shape index (κ3) is 5.73. The predicted molar refractivity (Wildman–Crippen MR) is 134 cm³/mol. The van der Waals surface area contributed by atoms with Gasteiger partial charge in [0.15, 0.2) is 5.11 Å². The first-order valence-electron chi connectivity index (χ1n) is 10.9. The Labute approximate surface area is 204 Å². The second-order valence-electron chi connectivity index (χ2n) is 7.56. The highest BCUT2D eigenvalue weighted by Gasteiger charge is 2.34. The molecule has 1 aliphatic heterocycles. The van der Waals surface area contributed by atoms with Crippen LogP contribution >= 0.6 is 12.2 Å². The predicted octanol–water partition coefficient (Wildman–Crippen LogP) is 3.66. The number of ether oxygens (including phenoxy) is 3. The van der Waals surface area contributed by atoms with E-state index in [4.69, 9.17) is 26.4 Å². The molecule has 0 fully saturated rings. The number of methoxy groups -OCH3 is 2. The van der Waals surface area contributed by atoms with Crippen LogP contribution in [0.3, 0.4) is 0 Å². The molecule has 1 atom stereocenters. The van der Waals surface area contributed by atoms with Gasteiger partial charge in [0.1, 0.15) is 12.4 Å². The Morgan fingerprint density at radius 1 is 1.06 bits per heavy atom. The molecule has 2 aromatic carbocycles. The molecule has 9 heteroatoms. The fourth-order valence-corrected chi connectivity index (χ4v) is 4.06. The SMILES string of the molecule is CCN1C(=S)NC(c2ccc(NC(=O)c3ccc(OC)cc3)cc2)C(C(=O)OCCOC)=C1C. The number of hydrogen-bond donors (Lipinski definition) is 2. The number of esters is 1. The quantitative estimate of drug-likeness (QED) is 0.317. The van der Waals surface area contributed by atoms with E-state index in [1.807, 2.05) is 30.9 Å². The molecule has 1 aliphatic rings. The van der Waals surface area contributed by atoms with Gasteiger partial charge in [-0.15, -0.1) is 0 Å². The molecule has 1 amide bonds. The summed E-state index contributed by atoms with van der Waals surface area (Å²) in [6, 6.07) is 13.7. The lowest BCUT2D eigenvalue weighted by atomic mass is 9.95. The summed E-state index contributed by atoms with van der Waals surface area (Å²) in [5.41, 5.74) is 3.20. The monoisotopic (exact) mass is 483 g/mol. The molecule has 0 aromatic heterocycles. The molecule has 8 nitrogen and oxygen atoms in total. The zero-order chi connectivity index (χ0) is 24.7. The fraction of sp³-hybridized carbons (Fsp3) is 0.320. The Bertz CT molecular complexity index is 1070. The van der Waals surface area contributed by atoms with Gasteiger partial charge in [0.2, 0.25) is 0 Å². The standard InChI is InChI=1S/C25H29N3O5S/c1-5-28-16(2)21(24(30)33-15-14-31-3)22(27-25(28)34)17-6-10-19(11-7-17)26-23(29)18-8-12-20(32-4)13-9-18/h6-13,22H,5,14-15H2,1-4H3,(H,26,29)(H,27,34). The summed E-state index contributed by atoms with van der Waals surface area (Å²) in [5.74, 6) is 0.0225. The fourth-order valence-electron chi connectivity index (χ4n) is 3.68. The number of anilines is 1. The third-order valence-electron chi connectivity index (χ3n) is 5.51. The third-order valence-corrected chi connectivity index (χ3v) is 5.85. The van der Waals surface area contributed by atoms with Crippen LogP contribution in [-0.4, -0.2) is 55.9 Å². The van der Waals surface area contributed by atoms with Crippen molar-refractivity contribution in [1.29, 1.82) is 0 Å². The van der Waals surface area contributed by atoms with Crippen molar-refractivity contribution in [3.63, 3.8) is 0 Å². The molecule has 0 spiro atoms. The molecule has 1 heterocycles. The molecule has 0 aliphatic carbocycles. The molecule has 0 saturated heterocycles. The Kier molecular flexibility index (Phi) is 8.61. The maximum absolute atomic E-state index is 12.9. The zero-order valence-corrected chi connectivity index (χ0v) is 20.5. The van der Waals surface area contributed by atoms with Gasteiger partial charge in [0.05, 0.1) is 25.3 Å². The number of nitrogens with one attached hydrogen (secondary N) is 2. The van der Waals surface area contributed by atoms with Crippen LogP contribution in [0.15, 0.2) is 59.8 Å². The van der Waals surface area contributed by atoms with Crippen LogP contribution in [0.2, 0.25) is 0 Å². The Balaban J connectivity index is 1.81. The van der Waals surface area contributed by atoms with Crippen molar-refractivity contribution in [3.8, 4) is 5.75 Å². The Hall–Kier alpha value is -3.43. The van der Waals surface area contributed by atoms with Gasteiger partial charge in [-0.3, -0.25) is 4.79 Å². The minimum absolute atomic E-state index is 0.158. The van der Waals surface area contributed by atoms with Crippen LogP contribution < -0.4 is 15.4 Å². The second-order valence-corrected chi connectivity index (χ2v) is 7.95. The molecular formula is C25H29N3O5S. The van der Waals surface area contributed by atoms with Gasteiger partial charge in [-0.05, 0) is 68.0 Å². The van der Waals surface area contributed by atoms with E-state index < -0.39 is 12.0 Å². The summed E-state index contributed by atoms with van der Waals surface area (Å²) >= 11 is 5.52. The lowest BCUT2D eigenvalue weighted by Gasteiger charge is -2.37. The smallest absolute Gasteiger partial charge is 0.338 e. The Morgan fingerprint density at radius 2 is 1.74 bits per heavy atom. The van der Waals surface area contributed by atoms with E-state index in [1.54, 1.807) is 50.6 Å². The maximum Gasteiger partial charge on any atom is 0.338 e. The van der Waals surface area contributed by atoms with Gasteiger partial charge >= 0.3 is 5.97 Å². The molecule has 2 aromatic rings. The highest BCUT2D eigenvalue weighted by Crippen LogP contribution is 2.32. The van der Waals surface area contributed by atoms with Crippen LogP contribution in [0.1, 0.15) is 35.8 Å². The van der Waals surface area contributed by atoms with Crippen molar-refractivity contribution in [2.45, 2.75) is 19.9 Å². The number of benzene rings is 2. The Morgan fingerprint density at radius 3 is 2.32 bits per heavy atom. The number of hydrogen-bond acceptors (Lipinski definition) is 6. The largest absolute Gasteiger partial charge is 0.497 e. The van der Waals surface area contributed by atoms with Crippen LogP contribution in [0, 0.1) is 0 Å². The van der Waals surface area contributed by atoms with Crippen molar-refractivity contribution in [2.24, 2.45) is 0 Å². The summed E-state index contributed by atoms with van der Waals surface area (Å²) < 4.78 is 15.5. The first-order valence-corrected chi connectivity index (χ1v) is 11.3. The second kappa shape index (κ2) is 11.6. The van der Waals surface area contributed by atoms with E-state index in [1.165, 1.54) is 0 Å². The van der Waals surface area contributed by atoms with Gasteiger partial charge in [0, 0.05) is 30.6 Å². The van der Waals surface area contributed by atoms with Gasteiger partial charge in [-0.25, -0.2) is 4.79 Å². The summed E-state index contributed by atoms with van der Waals surface area (Å²) in [6.45, 7) is 4.92. The number of carbonyl (C=O) groups is 2. The first kappa shape index (κ1) is 25.2. The van der Waals surface area contributed by atoms with Crippen molar-refractivity contribution in [1.82, 2.24) is 10.2 Å². The van der Waals surface area contributed by atoms with Crippen LogP contribution in [0.5, 0.6) is 5.75 Å². The number of allylic oxidation sites excluding steroid dienone is 1. The highest BCUT2D eigenvalue weighted by atomic mass is 32.1. The van der Waals surface area contributed by atoms with E-state index in [-0.39, 0.29) is 12.5 Å². The van der Waals surface area contributed by atoms with Crippen LogP contribution in [0.4, 0.5) is 5.69 Å². The van der Waals surface area contributed by atoms with Crippen molar-refractivity contribution < 1.29 is 23.8 Å². The van der Waals surface area contributed by atoms with Gasteiger partial charge < -0.3 is 29.7 Å². The van der Waals surface area contributed by atoms with E-state index >= 15 is 0 Å². The summed E-state index contributed by atoms with van der Waals surface area (Å²) in [6.07, 6.45) is 0. The highest BCUT2D eigenvalue weighted by molar-refractivity contribution is 7.80. The lowest BCUT2D eigenvalue weighted by Crippen LogP contribution is -2.47. The number of nitrogens with zero attached hydrogens (tertiary/aromatic N) is 1. The van der Waals surface area contributed by atoms with Gasteiger partial charge in [0.25, 0.3) is 5.91 Å². The van der Waals surface area contributed by atoms with Gasteiger partial charge in [-0.1, -0.05) is 12.1 Å². The first-order chi connectivity index (χ1) is 16.4. The topological polar surface area (TPSA) is 89.1 Å². The van der Waals surface area contributed by atoms with Gasteiger partial charge in [-0.2, -0.15) is 0 Å². The molecule has 0 saturated carbocycles. The molecule has 0 radical (unpaired) electrons. The normalized spacial score (nSPS) is 15.6. The summed E-state index contributed by atoms with van der Waals surface area (Å²) in [5, 5.41) is 6.66. The van der Waals surface area contributed by atoms with Crippen LogP contribution in [-0.2, 0) is 14.3 Å². The van der Waals surface area contributed by atoms with E-state index in [0.29, 0.717) is 40.8 Å². The minimum atomic E-state index is -0.475. The number of thiocarbonyl (C=S) groups is 1. The minimum Gasteiger partial charge on any atom is -0.497 e. The zero-order valence-electron chi connectivity index (χ0n) is 19.7. The average Bonchev–Trinajstić information content (AvgIpc) is 2.84. The maximum atomic E-state index is 12.9. The van der Waals surface area contributed by atoms with E-state index in [2.05, 4.69) is 10.6 Å². The molecule has 0 bridgehead atoms. The molecule has 34 heavy (non-hydrogen) atoms. The molecule has 180 valence electrons. The molecule has 1 unspecified atom stereocenters. The summed E-state index contributed by atoms with van der Waals surface area (Å²) in [7, 11) is 3.13. The number of amides is 1. The molecule has 2 N–H and O–H groups in total. The van der Waals surface area contributed by atoms with E-state index in [9.17, 15) is 9.59 Å². The lowest BCUT2D eigenvalue weighted by molar-refractivity contribution is -0.140.